The third kappa shape index (κ3) is 4.63. The van der Waals surface area contributed by atoms with Crippen molar-refractivity contribution in [1.82, 2.24) is 0 Å². The summed E-state index contributed by atoms with van der Waals surface area (Å²) in [6, 6.07) is 8.75. The Morgan fingerprint density at radius 2 is 1.71 bits per heavy atom. The quantitative estimate of drug-likeness (QED) is 0.615. The summed E-state index contributed by atoms with van der Waals surface area (Å²) in [4.78, 5) is -0.0261. The molecule has 2 aromatic carbocycles. The number of anilines is 1. The summed E-state index contributed by atoms with van der Waals surface area (Å²) < 4.78 is 63.8. The Morgan fingerprint density at radius 3 is 2.43 bits per heavy atom. The highest BCUT2D eigenvalue weighted by atomic mass is 32.2. The van der Waals surface area contributed by atoms with Crippen LogP contribution < -0.4 is 5.32 Å². The molecule has 112 valence electrons. The van der Waals surface area contributed by atoms with E-state index in [4.69, 9.17) is 0 Å². The third-order valence-electron chi connectivity index (χ3n) is 2.59. The van der Waals surface area contributed by atoms with Crippen molar-refractivity contribution < 1.29 is 22.0 Å². The number of hydrogen-bond acceptors (Lipinski definition) is 2. The van der Waals surface area contributed by atoms with Crippen molar-refractivity contribution in [2.75, 3.05) is 5.32 Å². The SMILES string of the molecule is Fc1ccc(F)c(CNc2ccccc2SC(F)(F)F)c1. The molecule has 0 radical (unpaired) electrons. The molecule has 21 heavy (non-hydrogen) atoms. The van der Waals surface area contributed by atoms with E-state index >= 15 is 0 Å². The second kappa shape index (κ2) is 6.34. The van der Waals surface area contributed by atoms with Gasteiger partial charge in [0.1, 0.15) is 11.6 Å². The van der Waals surface area contributed by atoms with Gasteiger partial charge in [0.15, 0.2) is 0 Å². The van der Waals surface area contributed by atoms with Crippen molar-refractivity contribution in [3.05, 3.63) is 59.7 Å². The average molecular weight is 319 g/mol. The molecule has 0 atom stereocenters. The lowest BCUT2D eigenvalue weighted by Crippen LogP contribution is -2.05. The normalized spacial score (nSPS) is 11.5. The number of hydrogen-bond donors (Lipinski definition) is 1. The van der Waals surface area contributed by atoms with Gasteiger partial charge in [-0.3, -0.25) is 0 Å². The Labute approximate surface area is 122 Å². The van der Waals surface area contributed by atoms with Crippen LogP contribution in [-0.4, -0.2) is 5.51 Å². The minimum absolute atomic E-state index is 0.0261. The van der Waals surface area contributed by atoms with Crippen molar-refractivity contribution in [3.8, 4) is 0 Å². The van der Waals surface area contributed by atoms with Crippen LogP contribution >= 0.6 is 11.8 Å². The van der Waals surface area contributed by atoms with Gasteiger partial charge in [-0.1, -0.05) is 12.1 Å². The molecule has 0 aliphatic heterocycles. The van der Waals surface area contributed by atoms with E-state index in [0.29, 0.717) is 0 Å². The summed E-state index contributed by atoms with van der Waals surface area (Å²) in [6.07, 6.45) is 0. The summed E-state index contributed by atoms with van der Waals surface area (Å²) in [5, 5.41) is 2.69. The average Bonchev–Trinajstić information content (AvgIpc) is 2.39. The molecule has 0 amide bonds. The Kier molecular flexibility index (Phi) is 4.72. The smallest absolute Gasteiger partial charge is 0.380 e. The zero-order valence-corrected chi connectivity index (χ0v) is 11.4. The van der Waals surface area contributed by atoms with Gasteiger partial charge >= 0.3 is 5.51 Å². The highest BCUT2D eigenvalue weighted by molar-refractivity contribution is 8.00. The number of para-hydroxylation sites is 1. The van der Waals surface area contributed by atoms with E-state index < -0.39 is 17.1 Å². The van der Waals surface area contributed by atoms with Crippen LogP contribution in [0.2, 0.25) is 0 Å². The van der Waals surface area contributed by atoms with Crippen molar-refractivity contribution in [3.63, 3.8) is 0 Å². The maximum absolute atomic E-state index is 13.5. The van der Waals surface area contributed by atoms with Gasteiger partial charge in [-0.25, -0.2) is 8.78 Å². The standard InChI is InChI=1S/C14H10F5NS/c15-10-5-6-11(16)9(7-10)8-20-12-3-1-2-4-13(12)21-14(17,18)19/h1-7,20H,8H2. The molecule has 7 heteroatoms. The minimum atomic E-state index is -4.41. The third-order valence-corrected chi connectivity index (χ3v) is 3.40. The van der Waals surface area contributed by atoms with Gasteiger partial charge in [0.2, 0.25) is 0 Å². The fourth-order valence-electron chi connectivity index (χ4n) is 1.70. The van der Waals surface area contributed by atoms with Gasteiger partial charge in [-0.05, 0) is 42.1 Å². The molecule has 1 nitrogen and oxygen atoms in total. The molecule has 0 saturated heterocycles. The van der Waals surface area contributed by atoms with Gasteiger partial charge in [0.05, 0.1) is 0 Å². The lowest BCUT2D eigenvalue weighted by molar-refractivity contribution is -0.0327. The monoisotopic (exact) mass is 319 g/mol. The molecule has 0 spiro atoms. The van der Waals surface area contributed by atoms with Crippen LogP contribution in [-0.2, 0) is 6.54 Å². The topological polar surface area (TPSA) is 12.0 Å². The zero-order valence-electron chi connectivity index (χ0n) is 10.5. The van der Waals surface area contributed by atoms with Crippen molar-refractivity contribution in [2.45, 2.75) is 16.9 Å². The molecule has 0 saturated carbocycles. The summed E-state index contributed by atoms with van der Waals surface area (Å²) in [6.45, 7) is -0.112. The van der Waals surface area contributed by atoms with Crippen LogP contribution in [0.3, 0.4) is 0 Å². The molecule has 0 bridgehead atoms. The van der Waals surface area contributed by atoms with E-state index in [2.05, 4.69) is 5.32 Å². The molecule has 0 unspecified atom stereocenters. The second-order valence-electron chi connectivity index (χ2n) is 4.13. The highest BCUT2D eigenvalue weighted by Crippen LogP contribution is 2.40. The van der Waals surface area contributed by atoms with E-state index in [-0.39, 0.29) is 34.5 Å². The first-order valence-corrected chi connectivity index (χ1v) is 6.69. The van der Waals surface area contributed by atoms with Gasteiger partial charge in [0, 0.05) is 22.7 Å². The first-order chi connectivity index (χ1) is 9.85. The van der Waals surface area contributed by atoms with Gasteiger partial charge in [-0.2, -0.15) is 13.2 Å². The van der Waals surface area contributed by atoms with E-state index in [1.54, 1.807) is 6.07 Å². The zero-order chi connectivity index (χ0) is 15.5. The predicted octanol–water partition coefficient (Wildman–Crippen LogP) is 5.19. The lowest BCUT2D eigenvalue weighted by atomic mass is 10.2. The number of halogens is 5. The summed E-state index contributed by atoms with van der Waals surface area (Å²) in [5.74, 6) is -1.23. The van der Waals surface area contributed by atoms with Crippen LogP contribution in [0.1, 0.15) is 5.56 Å². The van der Waals surface area contributed by atoms with E-state index in [9.17, 15) is 22.0 Å². The van der Waals surface area contributed by atoms with Crippen LogP contribution in [0.4, 0.5) is 27.6 Å². The van der Waals surface area contributed by atoms with Crippen LogP contribution in [0.5, 0.6) is 0 Å². The van der Waals surface area contributed by atoms with E-state index in [1.165, 1.54) is 18.2 Å². The Balaban J connectivity index is 2.15. The van der Waals surface area contributed by atoms with Gasteiger partial charge in [0.25, 0.3) is 0 Å². The number of alkyl halides is 3. The van der Waals surface area contributed by atoms with E-state index in [0.717, 1.165) is 18.2 Å². The molecule has 0 fully saturated rings. The number of thioether (sulfide) groups is 1. The second-order valence-corrected chi connectivity index (χ2v) is 5.24. The first kappa shape index (κ1) is 15.6. The van der Waals surface area contributed by atoms with Crippen LogP contribution in [0.25, 0.3) is 0 Å². The molecule has 0 aliphatic rings. The number of benzene rings is 2. The molecule has 1 N–H and O–H groups in total. The van der Waals surface area contributed by atoms with Crippen molar-refractivity contribution in [2.24, 2.45) is 0 Å². The van der Waals surface area contributed by atoms with Crippen molar-refractivity contribution >= 4 is 17.4 Å². The molecule has 0 heterocycles. The Morgan fingerprint density at radius 1 is 1.00 bits per heavy atom. The number of rotatable bonds is 4. The molecular weight excluding hydrogens is 309 g/mol. The fourth-order valence-corrected chi connectivity index (χ4v) is 2.34. The molecular formula is C14H10F5NS. The van der Waals surface area contributed by atoms with Crippen molar-refractivity contribution in [1.29, 1.82) is 0 Å². The highest BCUT2D eigenvalue weighted by Gasteiger charge is 2.30. The molecule has 0 aromatic heterocycles. The van der Waals surface area contributed by atoms with Gasteiger partial charge < -0.3 is 5.32 Å². The summed E-state index contributed by atoms with van der Waals surface area (Å²) in [5.41, 5.74) is -4.16. The summed E-state index contributed by atoms with van der Waals surface area (Å²) in [7, 11) is 0. The maximum Gasteiger partial charge on any atom is 0.446 e. The lowest BCUT2D eigenvalue weighted by Gasteiger charge is -2.13. The molecule has 2 rings (SSSR count). The minimum Gasteiger partial charge on any atom is -0.380 e. The maximum atomic E-state index is 13.5. The van der Waals surface area contributed by atoms with Gasteiger partial charge in [-0.15, -0.1) is 0 Å². The molecule has 0 aliphatic carbocycles. The Hall–Kier alpha value is -1.76. The van der Waals surface area contributed by atoms with Crippen LogP contribution in [0.15, 0.2) is 47.4 Å². The Bertz CT molecular complexity index is 627. The first-order valence-electron chi connectivity index (χ1n) is 5.88. The van der Waals surface area contributed by atoms with Crippen LogP contribution in [0, 0.1) is 11.6 Å². The largest absolute Gasteiger partial charge is 0.446 e. The summed E-state index contributed by atoms with van der Waals surface area (Å²) >= 11 is -0.260. The molecule has 2 aromatic rings. The predicted molar refractivity (Wildman–Crippen MR) is 72.0 cm³/mol. The number of nitrogens with one attached hydrogen (secondary N) is 1. The van der Waals surface area contributed by atoms with E-state index in [1.807, 2.05) is 0 Å². The fraction of sp³-hybridized carbons (Fsp3) is 0.143.